The van der Waals surface area contributed by atoms with E-state index in [1.807, 2.05) is 25.8 Å². The molecule has 2 N–H and O–H groups in total. The smallest absolute Gasteiger partial charge is 0.323 e. The summed E-state index contributed by atoms with van der Waals surface area (Å²) in [7, 11) is 1.92. The molecule has 0 bridgehead atoms. The van der Waals surface area contributed by atoms with Crippen molar-refractivity contribution in [3.05, 3.63) is 0 Å². The van der Waals surface area contributed by atoms with E-state index in [9.17, 15) is 0 Å². The standard InChI is InChI=1S/C13H23N5O2/c1-9(2)20-13-16-11(14)15-12(17-13)18(3)8-10-6-4-5-7-19-10/h9-10H,4-8H2,1-3H3,(H2,14,15,16,17). The zero-order valence-corrected chi connectivity index (χ0v) is 12.4. The lowest BCUT2D eigenvalue weighted by Gasteiger charge is -2.27. The van der Waals surface area contributed by atoms with Crippen molar-refractivity contribution in [3.63, 3.8) is 0 Å². The Morgan fingerprint density at radius 1 is 1.35 bits per heavy atom. The van der Waals surface area contributed by atoms with Crippen LogP contribution >= 0.6 is 0 Å². The van der Waals surface area contributed by atoms with Crippen LogP contribution in [0.25, 0.3) is 0 Å². The van der Waals surface area contributed by atoms with Crippen molar-refractivity contribution in [2.75, 3.05) is 30.8 Å². The number of likely N-dealkylation sites (N-methyl/N-ethyl adjacent to an activating group) is 1. The normalized spacial score (nSPS) is 19.1. The van der Waals surface area contributed by atoms with E-state index in [4.69, 9.17) is 15.2 Å². The summed E-state index contributed by atoms with van der Waals surface area (Å²) < 4.78 is 11.2. The number of hydrogen-bond donors (Lipinski definition) is 1. The summed E-state index contributed by atoms with van der Waals surface area (Å²) >= 11 is 0. The van der Waals surface area contributed by atoms with Crippen LogP contribution in [-0.2, 0) is 4.74 Å². The third kappa shape index (κ3) is 4.19. The lowest BCUT2D eigenvalue weighted by molar-refractivity contribution is 0.0214. The Hall–Kier alpha value is -1.63. The lowest BCUT2D eigenvalue weighted by Crippen LogP contribution is -2.34. The largest absolute Gasteiger partial charge is 0.461 e. The molecule has 0 aromatic carbocycles. The van der Waals surface area contributed by atoms with Gasteiger partial charge in [0.05, 0.1) is 12.2 Å². The van der Waals surface area contributed by atoms with Crippen LogP contribution in [0.4, 0.5) is 11.9 Å². The Labute approximate surface area is 119 Å². The van der Waals surface area contributed by atoms with Gasteiger partial charge in [0, 0.05) is 20.2 Å². The fourth-order valence-corrected chi connectivity index (χ4v) is 2.13. The Morgan fingerprint density at radius 2 is 2.15 bits per heavy atom. The predicted octanol–water partition coefficient (Wildman–Crippen LogP) is 1.25. The molecule has 1 aliphatic rings. The molecule has 1 aliphatic heterocycles. The van der Waals surface area contributed by atoms with E-state index in [0.717, 1.165) is 26.0 Å². The third-order valence-corrected chi connectivity index (χ3v) is 3.05. The van der Waals surface area contributed by atoms with Crippen molar-refractivity contribution in [2.45, 2.75) is 45.3 Å². The fraction of sp³-hybridized carbons (Fsp3) is 0.769. The molecule has 1 saturated heterocycles. The second kappa shape index (κ2) is 6.69. The van der Waals surface area contributed by atoms with E-state index < -0.39 is 0 Å². The van der Waals surface area contributed by atoms with Crippen LogP contribution in [0.2, 0.25) is 0 Å². The van der Waals surface area contributed by atoms with Crippen LogP contribution in [0.3, 0.4) is 0 Å². The van der Waals surface area contributed by atoms with Crippen molar-refractivity contribution < 1.29 is 9.47 Å². The lowest BCUT2D eigenvalue weighted by atomic mass is 10.1. The molecule has 0 spiro atoms. The van der Waals surface area contributed by atoms with Gasteiger partial charge in [-0.25, -0.2) is 0 Å². The average molecular weight is 281 g/mol. The van der Waals surface area contributed by atoms with Gasteiger partial charge in [-0.3, -0.25) is 0 Å². The van der Waals surface area contributed by atoms with Gasteiger partial charge in [0.1, 0.15) is 0 Å². The first kappa shape index (κ1) is 14.8. The molecule has 1 aromatic rings. The van der Waals surface area contributed by atoms with Crippen LogP contribution in [-0.4, -0.2) is 47.4 Å². The summed E-state index contributed by atoms with van der Waals surface area (Å²) in [6.07, 6.45) is 3.64. The maximum absolute atomic E-state index is 5.72. The Kier molecular flexibility index (Phi) is 4.94. The van der Waals surface area contributed by atoms with Crippen LogP contribution in [0.5, 0.6) is 6.01 Å². The maximum Gasteiger partial charge on any atom is 0.323 e. The van der Waals surface area contributed by atoms with Gasteiger partial charge in [0.2, 0.25) is 11.9 Å². The van der Waals surface area contributed by atoms with Gasteiger partial charge in [-0.05, 0) is 33.1 Å². The average Bonchev–Trinajstić information content (AvgIpc) is 2.38. The molecule has 2 rings (SSSR count). The summed E-state index contributed by atoms with van der Waals surface area (Å²) in [6.45, 7) is 5.41. The third-order valence-electron chi connectivity index (χ3n) is 3.05. The number of anilines is 2. The van der Waals surface area contributed by atoms with Crippen LogP contribution in [0.15, 0.2) is 0 Å². The molecule has 0 saturated carbocycles. The van der Waals surface area contributed by atoms with Gasteiger partial charge in [0.25, 0.3) is 0 Å². The van der Waals surface area contributed by atoms with Crippen LogP contribution in [0, 0.1) is 0 Å². The molecule has 20 heavy (non-hydrogen) atoms. The summed E-state index contributed by atoms with van der Waals surface area (Å²) in [4.78, 5) is 14.3. The molecule has 0 aliphatic carbocycles. The van der Waals surface area contributed by atoms with Gasteiger partial charge < -0.3 is 20.1 Å². The first-order chi connectivity index (χ1) is 9.54. The fourth-order valence-electron chi connectivity index (χ4n) is 2.13. The monoisotopic (exact) mass is 281 g/mol. The number of hydrogen-bond acceptors (Lipinski definition) is 7. The highest BCUT2D eigenvalue weighted by Crippen LogP contribution is 2.17. The summed E-state index contributed by atoms with van der Waals surface area (Å²) in [5.41, 5.74) is 5.71. The van der Waals surface area contributed by atoms with Gasteiger partial charge in [-0.15, -0.1) is 0 Å². The number of nitrogens with zero attached hydrogens (tertiary/aromatic N) is 4. The number of rotatable bonds is 5. The molecule has 1 atom stereocenters. The second-order valence-electron chi connectivity index (χ2n) is 5.31. The molecular weight excluding hydrogens is 258 g/mol. The molecule has 0 amide bonds. The second-order valence-corrected chi connectivity index (χ2v) is 5.31. The Morgan fingerprint density at radius 3 is 2.80 bits per heavy atom. The molecule has 112 valence electrons. The maximum atomic E-state index is 5.72. The molecule has 0 radical (unpaired) electrons. The molecule has 1 unspecified atom stereocenters. The van der Waals surface area contributed by atoms with Crippen molar-refractivity contribution >= 4 is 11.9 Å². The van der Waals surface area contributed by atoms with E-state index >= 15 is 0 Å². The van der Waals surface area contributed by atoms with E-state index in [1.54, 1.807) is 0 Å². The van der Waals surface area contributed by atoms with Crippen molar-refractivity contribution in [1.29, 1.82) is 0 Å². The molecule has 1 fully saturated rings. The van der Waals surface area contributed by atoms with Crippen LogP contribution < -0.4 is 15.4 Å². The zero-order chi connectivity index (χ0) is 14.5. The zero-order valence-electron chi connectivity index (χ0n) is 12.4. The summed E-state index contributed by atoms with van der Waals surface area (Å²) in [6, 6.07) is 0.263. The summed E-state index contributed by atoms with van der Waals surface area (Å²) in [5.74, 6) is 0.685. The van der Waals surface area contributed by atoms with Gasteiger partial charge >= 0.3 is 6.01 Å². The summed E-state index contributed by atoms with van der Waals surface area (Å²) in [5, 5.41) is 0. The minimum absolute atomic E-state index is 0.00312. The van der Waals surface area contributed by atoms with E-state index in [0.29, 0.717) is 5.95 Å². The van der Waals surface area contributed by atoms with Crippen LogP contribution in [0.1, 0.15) is 33.1 Å². The Balaban J connectivity index is 2.04. The van der Waals surface area contributed by atoms with E-state index in [1.165, 1.54) is 6.42 Å². The predicted molar refractivity (Wildman–Crippen MR) is 76.9 cm³/mol. The number of aromatic nitrogens is 3. The van der Waals surface area contributed by atoms with Gasteiger partial charge in [0.15, 0.2) is 0 Å². The van der Waals surface area contributed by atoms with E-state index in [-0.39, 0.29) is 24.2 Å². The molecule has 2 heterocycles. The SMILES string of the molecule is CC(C)Oc1nc(N)nc(N(C)CC2CCCCO2)n1. The molecular formula is C13H23N5O2. The first-order valence-corrected chi connectivity index (χ1v) is 7.05. The molecule has 7 nitrogen and oxygen atoms in total. The van der Waals surface area contributed by atoms with E-state index in [2.05, 4.69) is 15.0 Å². The minimum atomic E-state index is -0.00312. The molecule has 7 heteroatoms. The molecule has 1 aromatic heterocycles. The van der Waals surface area contributed by atoms with Gasteiger partial charge in [-0.2, -0.15) is 15.0 Å². The number of ether oxygens (including phenoxy) is 2. The number of nitrogen functional groups attached to an aromatic ring is 1. The van der Waals surface area contributed by atoms with Gasteiger partial charge in [-0.1, -0.05) is 0 Å². The first-order valence-electron chi connectivity index (χ1n) is 7.05. The number of nitrogens with two attached hydrogens (primary N) is 1. The van der Waals surface area contributed by atoms with Crippen molar-refractivity contribution in [1.82, 2.24) is 15.0 Å². The topological polar surface area (TPSA) is 86.4 Å². The Bertz CT molecular complexity index is 435. The van der Waals surface area contributed by atoms with Crippen molar-refractivity contribution in [2.24, 2.45) is 0 Å². The quantitative estimate of drug-likeness (QED) is 0.869. The highest BCUT2D eigenvalue weighted by atomic mass is 16.5. The minimum Gasteiger partial charge on any atom is -0.461 e. The highest BCUT2D eigenvalue weighted by molar-refractivity contribution is 5.35. The highest BCUT2D eigenvalue weighted by Gasteiger charge is 2.18. The van der Waals surface area contributed by atoms with Crippen molar-refractivity contribution in [3.8, 4) is 6.01 Å².